The molecule has 0 saturated carbocycles. The van der Waals surface area contributed by atoms with Crippen LogP contribution in [-0.4, -0.2) is 29.2 Å². The minimum atomic E-state index is -0.219. The molecule has 5 nitrogen and oxygen atoms in total. The van der Waals surface area contributed by atoms with Gasteiger partial charge in [-0.3, -0.25) is 4.79 Å². The van der Waals surface area contributed by atoms with Crippen LogP contribution in [0.4, 0.5) is 5.82 Å². The van der Waals surface area contributed by atoms with E-state index in [4.69, 9.17) is 0 Å². The zero-order chi connectivity index (χ0) is 12.7. The molecule has 1 aromatic heterocycles. The Morgan fingerprint density at radius 1 is 1.41 bits per heavy atom. The molecule has 0 aromatic carbocycles. The molecule has 0 spiro atoms. The number of rotatable bonds is 6. The van der Waals surface area contributed by atoms with Gasteiger partial charge in [-0.05, 0) is 25.5 Å². The fraction of sp³-hybridized carbons (Fsp3) is 0.583. The molecular formula is C12H20N4O. The molecule has 0 aliphatic rings. The average Bonchev–Trinajstić information content (AvgIpc) is 2.36. The summed E-state index contributed by atoms with van der Waals surface area (Å²) in [5.41, 5.74) is 0.333. The van der Waals surface area contributed by atoms with Crippen LogP contribution in [0.3, 0.4) is 0 Å². The highest BCUT2D eigenvalue weighted by molar-refractivity contribution is 5.91. The van der Waals surface area contributed by atoms with Crippen LogP contribution in [0, 0.1) is 0 Å². The number of unbranched alkanes of at least 4 members (excludes halogenated alkanes) is 1. The average molecular weight is 236 g/mol. The summed E-state index contributed by atoms with van der Waals surface area (Å²) in [5, 5.41) is 13.6. The molecule has 1 aromatic rings. The van der Waals surface area contributed by atoms with E-state index in [2.05, 4.69) is 34.7 Å². The fourth-order valence-corrected chi connectivity index (χ4v) is 1.49. The minimum absolute atomic E-state index is 0.219. The van der Waals surface area contributed by atoms with Crippen LogP contribution in [0.25, 0.3) is 0 Å². The number of nitrogens with one attached hydrogen (secondary N) is 2. The van der Waals surface area contributed by atoms with E-state index in [0.717, 1.165) is 6.42 Å². The highest BCUT2D eigenvalue weighted by atomic mass is 16.1. The standard InChI is InChI=1S/C12H20N4O/c1-4-5-6-9(2)14-11-8-7-10(15-16-11)12(17)13-3/h7-9H,4-6H2,1-3H3,(H,13,17)(H,14,16). The molecular weight excluding hydrogens is 216 g/mol. The van der Waals surface area contributed by atoms with Crippen molar-refractivity contribution in [3.05, 3.63) is 17.8 Å². The molecule has 94 valence electrons. The molecule has 1 heterocycles. The van der Waals surface area contributed by atoms with Gasteiger partial charge in [0.1, 0.15) is 5.82 Å². The Labute approximate surface area is 102 Å². The molecule has 0 saturated heterocycles. The van der Waals surface area contributed by atoms with Gasteiger partial charge >= 0.3 is 0 Å². The summed E-state index contributed by atoms with van der Waals surface area (Å²) in [4.78, 5) is 11.3. The zero-order valence-electron chi connectivity index (χ0n) is 10.7. The Kier molecular flexibility index (Phi) is 5.39. The molecule has 5 heteroatoms. The molecule has 0 bridgehead atoms. The monoisotopic (exact) mass is 236 g/mol. The van der Waals surface area contributed by atoms with Gasteiger partial charge in [0.05, 0.1) is 0 Å². The van der Waals surface area contributed by atoms with Crippen LogP contribution in [0.1, 0.15) is 43.6 Å². The Hall–Kier alpha value is -1.65. The van der Waals surface area contributed by atoms with Crippen LogP contribution in [0.5, 0.6) is 0 Å². The van der Waals surface area contributed by atoms with Crippen LogP contribution >= 0.6 is 0 Å². The van der Waals surface area contributed by atoms with E-state index in [-0.39, 0.29) is 5.91 Å². The van der Waals surface area contributed by atoms with Crippen molar-refractivity contribution in [3.63, 3.8) is 0 Å². The zero-order valence-corrected chi connectivity index (χ0v) is 10.7. The van der Waals surface area contributed by atoms with Crippen molar-refractivity contribution < 1.29 is 4.79 Å². The Balaban J connectivity index is 2.53. The predicted octanol–water partition coefficient (Wildman–Crippen LogP) is 1.83. The van der Waals surface area contributed by atoms with E-state index in [1.165, 1.54) is 12.8 Å². The first kappa shape index (κ1) is 13.4. The third-order valence-electron chi connectivity index (χ3n) is 2.51. The van der Waals surface area contributed by atoms with Gasteiger partial charge in [0.15, 0.2) is 5.69 Å². The van der Waals surface area contributed by atoms with Crippen molar-refractivity contribution in [2.75, 3.05) is 12.4 Å². The second kappa shape index (κ2) is 6.83. The molecule has 0 radical (unpaired) electrons. The van der Waals surface area contributed by atoms with Crippen molar-refractivity contribution in [2.45, 2.75) is 39.2 Å². The molecule has 1 amide bonds. The van der Waals surface area contributed by atoms with Crippen molar-refractivity contribution in [2.24, 2.45) is 0 Å². The maximum atomic E-state index is 11.3. The molecule has 2 N–H and O–H groups in total. The van der Waals surface area contributed by atoms with Gasteiger partial charge in [-0.2, -0.15) is 0 Å². The maximum Gasteiger partial charge on any atom is 0.271 e. The SMILES string of the molecule is CCCCC(C)Nc1ccc(C(=O)NC)nn1. The quantitative estimate of drug-likeness (QED) is 0.790. The number of aromatic nitrogens is 2. The van der Waals surface area contributed by atoms with Crippen LogP contribution < -0.4 is 10.6 Å². The summed E-state index contributed by atoms with van der Waals surface area (Å²) in [7, 11) is 1.57. The van der Waals surface area contributed by atoms with Crippen molar-refractivity contribution >= 4 is 11.7 Å². The molecule has 1 unspecified atom stereocenters. The lowest BCUT2D eigenvalue weighted by Gasteiger charge is -2.13. The minimum Gasteiger partial charge on any atom is -0.366 e. The molecule has 0 fully saturated rings. The predicted molar refractivity (Wildman–Crippen MR) is 68.0 cm³/mol. The fourth-order valence-electron chi connectivity index (χ4n) is 1.49. The van der Waals surface area contributed by atoms with Crippen molar-refractivity contribution in [1.29, 1.82) is 0 Å². The van der Waals surface area contributed by atoms with Crippen LogP contribution in [0.2, 0.25) is 0 Å². The maximum absolute atomic E-state index is 11.3. The molecule has 1 atom stereocenters. The van der Waals surface area contributed by atoms with Gasteiger partial charge in [-0.15, -0.1) is 10.2 Å². The molecule has 17 heavy (non-hydrogen) atoms. The molecule has 1 rings (SSSR count). The Morgan fingerprint density at radius 3 is 2.71 bits per heavy atom. The van der Waals surface area contributed by atoms with Gasteiger partial charge in [-0.25, -0.2) is 0 Å². The van der Waals surface area contributed by atoms with Gasteiger partial charge in [0.25, 0.3) is 5.91 Å². The van der Waals surface area contributed by atoms with E-state index >= 15 is 0 Å². The van der Waals surface area contributed by atoms with E-state index in [1.54, 1.807) is 19.2 Å². The number of anilines is 1. The van der Waals surface area contributed by atoms with Crippen molar-refractivity contribution in [3.8, 4) is 0 Å². The van der Waals surface area contributed by atoms with Gasteiger partial charge in [0, 0.05) is 13.1 Å². The Morgan fingerprint density at radius 2 is 2.18 bits per heavy atom. The van der Waals surface area contributed by atoms with E-state index in [9.17, 15) is 4.79 Å². The van der Waals surface area contributed by atoms with Crippen molar-refractivity contribution in [1.82, 2.24) is 15.5 Å². The number of carbonyl (C=O) groups excluding carboxylic acids is 1. The summed E-state index contributed by atoms with van der Waals surface area (Å²) in [5.74, 6) is 0.490. The van der Waals surface area contributed by atoms with Gasteiger partial charge in [-0.1, -0.05) is 19.8 Å². The second-order valence-corrected chi connectivity index (χ2v) is 4.07. The lowest BCUT2D eigenvalue weighted by Crippen LogP contribution is -2.21. The van der Waals surface area contributed by atoms with E-state index in [1.807, 2.05) is 0 Å². The lowest BCUT2D eigenvalue weighted by molar-refractivity contribution is 0.0957. The van der Waals surface area contributed by atoms with Gasteiger partial charge < -0.3 is 10.6 Å². The highest BCUT2D eigenvalue weighted by Crippen LogP contribution is 2.08. The number of hydrogen-bond acceptors (Lipinski definition) is 4. The largest absolute Gasteiger partial charge is 0.366 e. The summed E-state index contributed by atoms with van der Waals surface area (Å²) >= 11 is 0. The third kappa shape index (κ3) is 4.38. The third-order valence-corrected chi connectivity index (χ3v) is 2.51. The van der Waals surface area contributed by atoms with E-state index in [0.29, 0.717) is 17.6 Å². The lowest BCUT2D eigenvalue weighted by atomic mass is 10.1. The first-order chi connectivity index (χ1) is 8.17. The summed E-state index contributed by atoms with van der Waals surface area (Å²) < 4.78 is 0. The number of carbonyl (C=O) groups is 1. The summed E-state index contributed by atoms with van der Waals surface area (Å²) in [6.07, 6.45) is 3.49. The normalized spacial score (nSPS) is 11.9. The highest BCUT2D eigenvalue weighted by Gasteiger charge is 2.06. The smallest absolute Gasteiger partial charge is 0.271 e. The van der Waals surface area contributed by atoms with Crippen LogP contribution in [0.15, 0.2) is 12.1 Å². The molecule has 0 aliphatic heterocycles. The van der Waals surface area contributed by atoms with Crippen LogP contribution in [-0.2, 0) is 0 Å². The second-order valence-electron chi connectivity index (χ2n) is 4.07. The first-order valence-corrected chi connectivity index (χ1v) is 5.99. The number of hydrogen-bond donors (Lipinski definition) is 2. The number of nitrogens with zero attached hydrogens (tertiary/aromatic N) is 2. The molecule has 0 aliphatic carbocycles. The summed E-state index contributed by atoms with van der Waals surface area (Å²) in [6, 6.07) is 3.82. The van der Waals surface area contributed by atoms with Gasteiger partial charge in [0.2, 0.25) is 0 Å². The van der Waals surface area contributed by atoms with E-state index < -0.39 is 0 Å². The summed E-state index contributed by atoms with van der Waals surface area (Å²) in [6.45, 7) is 4.29. The first-order valence-electron chi connectivity index (χ1n) is 5.99. The number of amides is 1. The topological polar surface area (TPSA) is 66.9 Å². The Bertz CT molecular complexity index is 350.